The van der Waals surface area contributed by atoms with E-state index in [9.17, 15) is 14.7 Å². The van der Waals surface area contributed by atoms with Crippen molar-refractivity contribution in [3.8, 4) is 0 Å². The molecule has 0 saturated heterocycles. The maximum atomic E-state index is 12.5. The van der Waals surface area contributed by atoms with E-state index in [0.29, 0.717) is 0 Å². The number of rotatable bonds is 5. The summed E-state index contributed by atoms with van der Waals surface area (Å²) in [6.07, 6.45) is -0.161. The first kappa shape index (κ1) is 19.4. The van der Waals surface area contributed by atoms with Gasteiger partial charge in [-0.15, -0.1) is 0 Å². The number of aliphatic hydroxyl groups is 1. The molecule has 3 atom stereocenters. The largest absolute Gasteiger partial charge is 0.383 e. The molecular formula is C19H29N3O3. The van der Waals surface area contributed by atoms with Crippen molar-refractivity contribution in [3.63, 3.8) is 0 Å². The SMILES string of the molecule is CC(C)[C@H](O)C(=O)N[C@@H](C)C(=O)N[C@@H]1CN(C)CCc2ccccc21. The Morgan fingerprint density at radius 1 is 1.20 bits per heavy atom. The molecule has 138 valence electrons. The summed E-state index contributed by atoms with van der Waals surface area (Å²) in [6, 6.07) is 7.31. The van der Waals surface area contributed by atoms with E-state index in [1.54, 1.807) is 20.8 Å². The zero-order chi connectivity index (χ0) is 18.6. The van der Waals surface area contributed by atoms with Crippen LogP contribution in [0.3, 0.4) is 0 Å². The van der Waals surface area contributed by atoms with E-state index in [1.165, 1.54) is 5.56 Å². The number of likely N-dealkylation sites (N-methyl/N-ethyl adjacent to an activating group) is 1. The second-order valence-electron chi connectivity index (χ2n) is 7.19. The van der Waals surface area contributed by atoms with E-state index < -0.39 is 18.1 Å². The summed E-state index contributed by atoms with van der Waals surface area (Å²) in [5.74, 6) is -0.965. The van der Waals surface area contributed by atoms with E-state index in [1.807, 2.05) is 25.2 Å². The highest BCUT2D eigenvalue weighted by atomic mass is 16.3. The Balaban J connectivity index is 2.04. The summed E-state index contributed by atoms with van der Waals surface area (Å²) in [4.78, 5) is 26.7. The van der Waals surface area contributed by atoms with Crippen LogP contribution in [0.1, 0.15) is 37.9 Å². The van der Waals surface area contributed by atoms with Gasteiger partial charge in [0.2, 0.25) is 11.8 Å². The summed E-state index contributed by atoms with van der Waals surface area (Å²) < 4.78 is 0. The summed E-state index contributed by atoms with van der Waals surface area (Å²) in [5.41, 5.74) is 2.37. The second kappa shape index (κ2) is 8.45. The molecule has 0 bridgehead atoms. The summed E-state index contributed by atoms with van der Waals surface area (Å²) in [6.45, 7) is 6.81. The molecule has 1 aliphatic rings. The molecule has 6 nitrogen and oxygen atoms in total. The number of nitrogens with zero attached hydrogens (tertiary/aromatic N) is 1. The van der Waals surface area contributed by atoms with Gasteiger partial charge in [-0.2, -0.15) is 0 Å². The van der Waals surface area contributed by atoms with E-state index in [2.05, 4.69) is 21.6 Å². The van der Waals surface area contributed by atoms with Crippen molar-refractivity contribution in [2.24, 2.45) is 5.92 Å². The maximum absolute atomic E-state index is 12.5. The van der Waals surface area contributed by atoms with Gasteiger partial charge >= 0.3 is 0 Å². The van der Waals surface area contributed by atoms with Crippen LogP contribution in [0.4, 0.5) is 0 Å². The van der Waals surface area contributed by atoms with Gasteiger partial charge in [0.15, 0.2) is 0 Å². The summed E-state index contributed by atoms with van der Waals surface area (Å²) in [5, 5.41) is 15.4. The molecule has 0 saturated carbocycles. The average molecular weight is 347 g/mol. The summed E-state index contributed by atoms with van der Waals surface area (Å²) in [7, 11) is 2.04. The minimum Gasteiger partial charge on any atom is -0.383 e. The predicted molar refractivity (Wildman–Crippen MR) is 97.0 cm³/mol. The molecule has 1 aromatic rings. The van der Waals surface area contributed by atoms with E-state index >= 15 is 0 Å². The van der Waals surface area contributed by atoms with Gasteiger partial charge in [0.25, 0.3) is 0 Å². The van der Waals surface area contributed by atoms with E-state index in [-0.39, 0.29) is 17.9 Å². The number of amides is 2. The first-order valence-corrected chi connectivity index (χ1v) is 8.84. The average Bonchev–Trinajstić information content (AvgIpc) is 2.73. The number of hydrogen-bond acceptors (Lipinski definition) is 4. The van der Waals surface area contributed by atoms with Crippen LogP contribution in [0.25, 0.3) is 0 Å². The van der Waals surface area contributed by atoms with Crippen molar-refractivity contribution >= 4 is 11.8 Å². The van der Waals surface area contributed by atoms with Crippen LogP contribution in [0, 0.1) is 5.92 Å². The van der Waals surface area contributed by atoms with Gasteiger partial charge in [0.05, 0.1) is 6.04 Å². The fraction of sp³-hybridized carbons (Fsp3) is 0.579. The van der Waals surface area contributed by atoms with Crippen LogP contribution in [0.2, 0.25) is 0 Å². The number of hydrogen-bond donors (Lipinski definition) is 3. The van der Waals surface area contributed by atoms with Crippen molar-refractivity contribution in [2.75, 3.05) is 20.1 Å². The lowest BCUT2D eigenvalue weighted by atomic mass is 9.99. The third-order valence-electron chi connectivity index (χ3n) is 4.66. The van der Waals surface area contributed by atoms with Gasteiger partial charge in [-0.05, 0) is 37.4 Å². The molecule has 0 radical (unpaired) electrons. The monoisotopic (exact) mass is 347 g/mol. The number of aliphatic hydroxyl groups excluding tert-OH is 1. The molecule has 0 spiro atoms. The lowest BCUT2D eigenvalue weighted by molar-refractivity contribution is -0.135. The minimum atomic E-state index is -1.11. The Bertz CT molecular complexity index is 618. The highest BCUT2D eigenvalue weighted by molar-refractivity contribution is 5.89. The molecule has 0 aromatic heterocycles. The Hall–Kier alpha value is -1.92. The quantitative estimate of drug-likeness (QED) is 0.738. The number of nitrogens with one attached hydrogen (secondary N) is 2. The third-order valence-corrected chi connectivity index (χ3v) is 4.66. The molecule has 25 heavy (non-hydrogen) atoms. The molecule has 0 fully saturated rings. The van der Waals surface area contributed by atoms with Crippen LogP contribution in [-0.4, -0.2) is 54.1 Å². The number of carbonyl (C=O) groups is 2. The van der Waals surface area contributed by atoms with E-state index in [0.717, 1.165) is 25.1 Å². The topological polar surface area (TPSA) is 81.7 Å². The molecule has 1 heterocycles. The molecule has 6 heteroatoms. The van der Waals surface area contributed by atoms with Crippen LogP contribution in [-0.2, 0) is 16.0 Å². The van der Waals surface area contributed by atoms with Crippen LogP contribution >= 0.6 is 0 Å². The lowest BCUT2D eigenvalue weighted by Gasteiger charge is -2.25. The van der Waals surface area contributed by atoms with Crippen LogP contribution < -0.4 is 10.6 Å². The van der Waals surface area contributed by atoms with Crippen LogP contribution in [0.15, 0.2) is 24.3 Å². The first-order valence-electron chi connectivity index (χ1n) is 8.84. The van der Waals surface area contributed by atoms with Crippen molar-refractivity contribution < 1.29 is 14.7 Å². The van der Waals surface area contributed by atoms with Gasteiger partial charge in [-0.25, -0.2) is 0 Å². The van der Waals surface area contributed by atoms with Gasteiger partial charge < -0.3 is 20.6 Å². The lowest BCUT2D eigenvalue weighted by Crippen LogP contribution is -2.50. The third kappa shape index (κ3) is 5.03. The Morgan fingerprint density at radius 3 is 2.56 bits per heavy atom. The Morgan fingerprint density at radius 2 is 1.88 bits per heavy atom. The molecule has 2 amide bonds. The van der Waals surface area contributed by atoms with Gasteiger partial charge in [0.1, 0.15) is 12.1 Å². The summed E-state index contributed by atoms with van der Waals surface area (Å²) >= 11 is 0. The molecule has 1 aromatic carbocycles. The molecule has 3 N–H and O–H groups in total. The standard InChI is InChI=1S/C19H29N3O3/c1-12(2)17(23)19(25)20-13(3)18(24)21-16-11-22(4)10-9-14-7-5-6-8-15(14)16/h5-8,12-13,16-17,23H,9-11H2,1-4H3,(H,20,25)(H,21,24)/t13-,16+,17-/m0/s1. The Kier molecular flexibility index (Phi) is 6.56. The Labute approximate surface area is 149 Å². The molecule has 0 aliphatic carbocycles. The molecular weight excluding hydrogens is 318 g/mol. The van der Waals surface area contributed by atoms with Gasteiger partial charge in [-0.3, -0.25) is 9.59 Å². The van der Waals surface area contributed by atoms with Gasteiger partial charge in [0, 0.05) is 13.1 Å². The number of fused-ring (bicyclic) bond motifs is 1. The predicted octanol–water partition coefficient (Wildman–Crippen LogP) is 0.853. The normalized spacial score (nSPS) is 20.3. The highest BCUT2D eigenvalue weighted by Gasteiger charge is 2.27. The number of benzene rings is 1. The highest BCUT2D eigenvalue weighted by Crippen LogP contribution is 2.23. The van der Waals surface area contributed by atoms with Crippen LogP contribution in [0.5, 0.6) is 0 Å². The molecule has 1 aliphatic heterocycles. The van der Waals surface area contributed by atoms with Gasteiger partial charge in [-0.1, -0.05) is 38.1 Å². The molecule has 0 unspecified atom stereocenters. The fourth-order valence-corrected chi connectivity index (χ4v) is 3.00. The van der Waals surface area contributed by atoms with E-state index in [4.69, 9.17) is 0 Å². The zero-order valence-corrected chi connectivity index (χ0v) is 15.5. The molecule has 2 rings (SSSR count). The second-order valence-corrected chi connectivity index (χ2v) is 7.19. The van der Waals surface area contributed by atoms with Crippen molar-refractivity contribution in [1.82, 2.24) is 15.5 Å². The minimum absolute atomic E-state index is 0.120. The zero-order valence-electron chi connectivity index (χ0n) is 15.5. The van der Waals surface area contributed by atoms with Crippen molar-refractivity contribution in [2.45, 2.75) is 45.4 Å². The smallest absolute Gasteiger partial charge is 0.249 e. The van der Waals surface area contributed by atoms with Crippen molar-refractivity contribution in [1.29, 1.82) is 0 Å². The van der Waals surface area contributed by atoms with Crippen molar-refractivity contribution in [3.05, 3.63) is 35.4 Å². The first-order chi connectivity index (χ1) is 11.8. The number of carbonyl (C=O) groups excluding carboxylic acids is 2. The maximum Gasteiger partial charge on any atom is 0.249 e. The fourth-order valence-electron chi connectivity index (χ4n) is 3.00.